The largest absolute Gasteiger partial charge is 0.464 e. The highest BCUT2D eigenvalue weighted by molar-refractivity contribution is 5.16. The van der Waals surface area contributed by atoms with Gasteiger partial charge in [-0.15, -0.1) is 0 Å². The molecule has 1 aliphatic rings. The van der Waals surface area contributed by atoms with Crippen molar-refractivity contribution in [2.45, 2.75) is 25.9 Å². The van der Waals surface area contributed by atoms with Crippen LogP contribution < -0.4 is 0 Å². The van der Waals surface area contributed by atoms with E-state index < -0.39 is 11.5 Å². The molecular formula is C12H15NO3. The number of hydrogen-bond acceptors (Lipinski definition) is 4. The second kappa shape index (κ2) is 4.28. The third kappa shape index (κ3) is 1.84. The SMILES string of the molecule is Cc1ccc(C(O)C2(C#N)CCOCC2)o1. The topological polar surface area (TPSA) is 66.4 Å². The minimum absolute atomic E-state index is 0.473. The standard InChI is InChI=1S/C12H15NO3/c1-9-2-3-10(16-9)11(14)12(8-13)4-6-15-7-5-12/h2-3,11,14H,4-7H2,1H3. The molecule has 0 bridgehead atoms. The molecule has 1 unspecified atom stereocenters. The predicted molar refractivity (Wildman–Crippen MR) is 56.5 cm³/mol. The zero-order chi connectivity index (χ0) is 11.6. The fraction of sp³-hybridized carbons (Fsp3) is 0.583. The van der Waals surface area contributed by atoms with Gasteiger partial charge < -0.3 is 14.3 Å². The minimum atomic E-state index is -0.866. The van der Waals surface area contributed by atoms with Crippen LogP contribution in [0.3, 0.4) is 0 Å². The molecule has 0 spiro atoms. The number of ether oxygens (including phenoxy) is 1. The summed E-state index contributed by atoms with van der Waals surface area (Å²) in [6.07, 6.45) is 0.226. The smallest absolute Gasteiger partial charge is 0.134 e. The second-order valence-electron chi connectivity index (χ2n) is 4.23. The number of rotatable bonds is 2. The van der Waals surface area contributed by atoms with Crippen molar-refractivity contribution in [1.29, 1.82) is 5.26 Å². The summed E-state index contributed by atoms with van der Waals surface area (Å²) >= 11 is 0. The van der Waals surface area contributed by atoms with Crippen LogP contribution in [0, 0.1) is 23.7 Å². The Morgan fingerprint density at radius 1 is 1.44 bits per heavy atom. The van der Waals surface area contributed by atoms with E-state index >= 15 is 0 Å². The molecule has 4 heteroatoms. The lowest BCUT2D eigenvalue weighted by Crippen LogP contribution is -2.34. The Kier molecular flexibility index (Phi) is 2.99. The van der Waals surface area contributed by atoms with Gasteiger partial charge in [-0.3, -0.25) is 0 Å². The van der Waals surface area contributed by atoms with Crippen molar-refractivity contribution in [2.75, 3.05) is 13.2 Å². The zero-order valence-electron chi connectivity index (χ0n) is 9.27. The molecule has 2 heterocycles. The fourth-order valence-electron chi connectivity index (χ4n) is 2.05. The normalized spacial score (nSPS) is 21.3. The minimum Gasteiger partial charge on any atom is -0.464 e. The van der Waals surface area contributed by atoms with Crippen LogP contribution >= 0.6 is 0 Å². The maximum absolute atomic E-state index is 10.2. The summed E-state index contributed by atoms with van der Waals surface area (Å²) in [6, 6.07) is 5.76. The molecule has 1 aromatic heterocycles. The number of aliphatic hydroxyl groups is 1. The van der Waals surface area contributed by atoms with E-state index in [4.69, 9.17) is 9.15 Å². The predicted octanol–water partition coefficient (Wildman–Crippen LogP) is 1.94. The summed E-state index contributed by atoms with van der Waals surface area (Å²) in [6.45, 7) is 2.86. The van der Waals surface area contributed by atoms with Crippen molar-refractivity contribution in [1.82, 2.24) is 0 Å². The van der Waals surface area contributed by atoms with E-state index in [0.717, 1.165) is 5.76 Å². The van der Waals surface area contributed by atoms with E-state index in [1.54, 1.807) is 12.1 Å². The van der Waals surface area contributed by atoms with Gasteiger partial charge in [0.2, 0.25) is 0 Å². The van der Waals surface area contributed by atoms with Crippen molar-refractivity contribution >= 4 is 0 Å². The molecule has 0 amide bonds. The van der Waals surface area contributed by atoms with Gasteiger partial charge >= 0.3 is 0 Å². The zero-order valence-corrected chi connectivity index (χ0v) is 9.27. The van der Waals surface area contributed by atoms with Crippen LogP contribution in [0.4, 0.5) is 0 Å². The highest BCUT2D eigenvalue weighted by atomic mass is 16.5. The number of aliphatic hydroxyl groups excluding tert-OH is 1. The molecule has 1 fully saturated rings. The quantitative estimate of drug-likeness (QED) is 0.828. The Morgan fingerprint density at radius 2 is 2.12 bits per heavy atom. The molecular weight excluding hydrogens is 206 g/mol. The van der Waals surface area contributed by atoms with Crippen LogP contribution in [0.5, 0.6) is 0 Å². The van der Waals surface area contributed by atoms with Gasteiger partial charge in [0, 0.05) is 13.2 Å². The lowest BCUT2D eigenvalue weighted by Gasteiger charge is -2.33. The summed E-state index contributed by atoms with van der Waals surface area (Å²) < 4.78 is 10.6. The molecule has 0 saturated carbocycles. The molecule has 86 valence electrons. The van der Waals surface area contributed by atoms with Gasteiger partial charge in [0.05, 0.1) is 11.5 Å². The van der Waals surface area contributed by atoms with Crippen LogP contribution in [0.25, 0.3) is 0 Å². The summed E-state index contributed by atoms with van der Waals surface area (Å²) in [4.78, 5) is 0. The van der Waals surface area contributed by atoms with Crippen molar-refractivity contribution in [2.24, 2.45) is 5.41 Å². The van der Waals surface area contributed by atoms with Gasteiger partial charge in [0.1, 0.15) is 17.6 Å². The molecule has 16 heavy (non-hydrogen) atoms. The Labute approximate surface area is 94.4 Å². The molecule has 4 nitrogen and oxygen atoms in total. The Balaban J connectivity index is 2.24. The van der Waals surface area contributed by atoms with Crippen molar-refractivity contribution in [3.63, 3.8) is 0 Å². The van der Waals surface area contributed by atoms with Gasteiger partial charge in [-0.05, 0) is 31.9 Å². The van der Waals surface area contributed by atoms with E-state index in [0.29, 0.717) is 31.8 Å². The van der Waals surface area contributed by atoms with Crippen LogP contribution in [0.1, 0.15) is 30.5 Å². The maximum atomic E-state index is 10.2. The number of furan rings is 1. The van der Waals surface area contributed by atoms with E-state index in [1.165, 1.54) is 0 Å². The van der Waals surface area contributed by atoms with Gasteiger partial charge in [-0.1, -0.05) is 0 Å². The third-order valence-corrected chi connectivity index (χ3v) is 3.16. The first-order valence-corrected chi connectivity index (χ1v) is 5.41. The molecule has 0 aliphatic carbocycles. The van der Waals surface area contributed by atoms with Crippen LogP contribution in [0.15, 0.2) is 16.5 Å². The lowest BCUT2D eigenvalue weighted by molar-refractivity contribution is -0.0393. The first kappa shape index (κ1) is 11.2. The van der Waals surface area contributed by atoms with Gasteiger partial charge in [0.25, 0.3) is 0 Å². The molecule has 0 aromatic carbocycles. The van der Waals surface area contributed by atoms with Gasteiger partial charge in [-0.25, -0.2) is 0 Å². The molecule has 1 atom stereocenters. The fourth-order valence-corrected chi connectivity index (χ4v) is 2.05. The molecule has 2 rings (SSSR count). The van der Waals surface area contributed by atoms with Crippen LogP contribution in [0.2, 0.25) is 0 Å². The number of nitrogens with zero attached hydrogens (tertiary/aromatic N) is 1. The van der Waals surface area contributed by atoms with Crippen molar-refractivity contribution in [3.8, 4) is 6.07 Å². The van der Waals surface area contributed by atoms with E-state index in [9.17, 15) is 10.4 Å². The maximum Gasteiger partial charge on any atom is 0.134 e. The summed E-state index contributed by atoms with van der Waals surface area (Å²) in [5, 5.41) is 19.5. The Morgan fingerprint density at radius 3 is 2.62 bits per heavy atom. The van der Waals surface area contributed by atoms with E-state index in [2.05, 4.69) is 6.07 Å². The lowest BCUT2D eigenvalue weighted by atomic mass is 9.76. The van der Waals surface area contributed by atoms with E-state index in [1.807, 2.05) is 6.92 Å². The third-order valence-electron chi connectivity index (χ3n) is 3.16. The average Bonchev–Trinajstić information content (AvgIpc) is 2.76. The van der Waals surface area contributed by atoms with Gasteiger partial charge in [0.15, 0.2) is 0 Å². The molecule has 1 N–H and O–H groups in total. The van der Waals surface area contributed by atoms with E-state index in [-0.39, 0.29) is 0 Å². The average molecular weight is 221 g/mol. The highest BCUT2D eigenvalue weighted by Gasteiger charge is 2.42. The van der Waals surface area contributed by atoms with Gasteiger partial charge in [-0.2, -0.15) is 5.26 Å². The number of nitriles is 1. The molecule has 1 aliphatic heterocycles. The first-order chi connectivity index (χ1) is 7.68. The number of hydrogen-bond donors (Lipinski definition) is 1. The van der Waals surface area contributed by atoms with Crippen molar-refractivity contribution in [3.05, 3.63) is 23.7 Å². The molecule has 1 aromatic rings. The highest BCUT2D eigenvalue weighted by Crippen LogP contribution is 2.42. The second-order valence-corrected chi connectivity index (χ2v) is 4.23. The van der Waals surface area contributed by atoms with Crippen molar-refractivity contribution < 1.29 is 14.3 Å². The van der Waals surface area contributed by atoms with Crippen LogP contribution in [-0.2, 0) is 4.74 Å². The summed E-state index contributed by atoms with van der Waals surface area (Å²) in [5.74, 6) is 1.22. The summed E-state index contributed by atoms with van der Waals surface area (Å²) in [5.41, 5.74) is -0.761. The molecule has 1 saturated heterocycles. The Hall–Kier alpha value is -1.31. The molecule has 0 radical (unpaired) electrons. The monoisotopic (exact) mass is 221 g/mol. The Bertz CT molecular complexity index is 399. The number of aryl methyl sites for hydroxylation is 1. The van der Waals surface area contributed by atoms with Crippen LogP contribution in [-0.4, -0.2) is 18.3 Å². The first-order valence-electron chi connectivity index (χ1n) is 5.41. The summed E-state index contributed by atoms with van der Waals surface area (Å²) in [7, 11) is 0.